The van der Waals surface area contributed by atoms with Crippen LogP contribution in [0.3, 0.4) is 0 Å². The number of rotatable bonds is 2. The highest BCUT2D eigenvalue weighted by Crippen LogP contribution is 2.26. The first-order valence-electron chi connectivity index (χ1n) is 6.76. The van der Waals surface area contributed by atoms with Crippen LogP contribution in [0.25, 0.3) is 0 Å². The molecule has 3 rings (SSSR count). The molecule has 1 aromatic carbocycles. The van der Waals surface area contributed by atoms with Crippen LogP contribution in [-0.2, 0) is 9.59 Å². The average molecular weight is 284 g/mol. The van der Waals surface area contributed by atoms with Gasteiger partial charge in [0.2, 0.25) is 11.8 Å². The number of benzene rings is 1. The van der Waals surface area contributed by atoms with Gasteiger partial charge in [-0.2, -0.15) is 5.10 Å². The van der Waals surface area contributed by atoms with Gasteiger partial charge in [0.05, 0.1) is 12.1 Å². The van der Waals surface area contributed by atoms with Gasteiger partial charge in [0.25, 0.3) is 0 Å². The fourth-order valence-corrected chi connectivity index (χ4v) is 2.37. The maximum atomic E-state index is 12.4. The summed E-state index contributed by atoms with van der Waals surface area (Å²) in [7, 11) is 0. The lowest BCUT2D eigenvalue weighted by molar-refractivity contribution is -0.125. The van der Waals surface area contributed by atoms with Crippen LogP contribution in [0.15, 0.2) is 30.3 Å². The van der Waals surface area contributed by atoms with Crippen LogP contribution in [0.2, 0.25) is 0 Å². The topological polar surface area (TPSA) is 76.0 Å². The summed E-state index contributed by atoms with van der Waals surface area (Å²) in [6.45, 7) is 3.81. The van der Waals surface area contributed by atoms with Crippen LogP contribution in [0.5, 0.6) is 0 Å². The van der Waals surface area contributed by atoms with Gasteiger partial charge >= 0.3 is 0 Å². The predicted molar refractivity (Wildman–Crippen MR) is 79.1 cm³/mol. The molecule has 0 aliphatic carbocycles. The van der Waals surface area contributed by atoms with Gasteiger partial charge in [-0.25, -0.2) is 4.68 Å². The Labute approximate surface area is 122 Å². The van der Waals surface area contributed by atoms with Crippen molar-refractivity contribution in [3.05, 3.63) is 41.6 Å². The number of aromatic nitrogens is 2. The zero-order valence-corrected chi connectivity index (χ0v) is 11.9. The monoisotopic (exact) mass is 284 g/mol. The van der Waals surface area contributed by atoms with Crippen molar-refractivity contribution in [1.82, 2.24) is 9.78 Å². The molecule has 0 bridgehead atoms. The number of carbonyl (C=O) groups excluding carboxylic acids is 2. The van der Waals surface area contributed by atoms with Crippen molar-refractivity contribution in [3.8, 4) is 0 Å². The number of anilines is 2. The first-order valence-corrected chi connectivity index (χ1v) is 6.76. The predicted octanol–water partition coefficient (Wildman–Crippen LogP) is 2.02. The summed E-state index contributed by atoms with van der Waals surface area (Å²) in [6, 6.07) is 8.66. The third-order valence-corrected chi connectivity index (χ3v) is 3.42. The first-order chi connectivity index (χ1) is 10.0. The van der Waals surface area contributed by atoms with E-state index in [1.165, 1.54) is 0 Å². The Morgan fingerprint density at radius 3 is 2.76 bits per heavy atom. The number of aryl methyl sites for hydroxylation is 2. The molecule has 2 heterocycles. The minimum absolute atomic E-state index is 0.0891. The van der Waals surface area contributed by atoms with Crippen LogP contribution in [-0.4, -0.2) is 21.6 Å². The maximum Gasteiger partial charge on any atom is 0.249 e. The second-order valence-electron chi connectivity index (χ2n) is 5.24. The molecule has 1 aliphatic heterocycles. The van der Waals surface area contributed by atoms with Gasteiger partial charge in [-0.05, 0) is 26.0 Å². The van der Waals surface area contributed by atoms with Crippen LogP contribution in [0.1, 0.15) is 23.7 Å². The molecule has 2 amide bonds. The van der Waals surface area contributed by atoms with E-state index < -0.39 is 6.04 Å². The van der Waals surface area contributed by atoms with E-state index in [0.29, 0.717) is 11.5 Å². The van der Waals surface area contributed by atoms with Crippen LogP contribution in [0, 0.1) is 13.8 Å². The van der Waals surface area contributed by atoms with Gasteiger partial charge in [-0.15, -0.1) is 0 Å². The van der Waals surface area contributed by atoms with E-state index in [1.807, 2.05) is 38.1 Å². The summed E-state index contributed by atoms with van der Waals surface area (Å²) < 4.78 is 1.57. The Kier molecular flexibility index (Phi) is 3.21. The standard InChI is InChI=1S/C15H16N4O2/c1-9-3-5-11(6-4-9)16-15(21)12-8-14(20)17-13-7-10(2)18-19(12)13/h3-7,12H,8H2,1-2H3,(H,16,21)(H,17,20)/t12-/m0/s1. The molecule has 0 saturated carbocycles. The van der Waals surface area contributed by atoms with E-state index in [2.05, 4.69) is 15.7 Å². The molecular weight excluding hydrogens is 268 g/mol. The number of amides is 2. The van der Waals surface area contributed by atoms with E-state index in [0.717, 1.165) is 11.3 Å². The summed E-state index contributed by atoms with van der Waals surface area (Å²) in [5.41, 5.74) is 2.59. The van der Waals surface area contributed by atoms with Crippen molar-refractivity contribution >= 4 is 23.3 Å². The van der Waals surface area contributed by atoms with Crippen molar-refractivity contribution in [1.29, 1.82) is 0 Å². The fraction of sp³-hybridized carbons (Fsp3) is 0.267. The lowest BCUT2D eigenvalue weighted by atomic mass is 10.1. The Morgan fingerprint density at radius 2 is 2.05 bits per heavy atom. The van der Waals surface area contributed by atoms with Gasteiger partial charge in [0.15, 0.2) is 0 Å². The van der Waals surface area contributed by atoms with E-state index in [-0.39, 0.29) is 18.2 Å². The number of carbonyl (C=O) groups is 2. The minimum Gasteiger partial charge on any atom is -0.324 e. The smallest absolute Gasteiger partial charge is 0.249 e. The zero-order chi connectivity index (χ0) is 15.0. The van der Waals surface area contributed by atoms with Crippen molar-refractivity contribution in [2.45, 2.75) is 26.3 Å². The quantitative estimate of drug-likeness (QED) is 0.885. The number of nitrogens with zero attached hydrogens (tertiary/aromatic N) is 2. The molecule has 1 aliphatic rings. The van der Waals surface area contributed by atoms with Crippen LogP contribution in [0.4, 0.5) is 11.5 Å². The highest BCUT2D eigenvalue weighted by molar-refractivity contribution is 6.01. The molecule has 2 N–H and O–H groups in total. The molecule has 0 unspecified atom stereocenters. The largest absolute Gasteiger partial charge is 0.324 e. The van der Waals surface area contributed by atoms with Crippen LogP contribution >= 0.6 is 0 Å². The Balaban J connectivity index is 1.84. The number of hydrogen-bond donors (Lipinski definition) is 2. The number of fused-ring (bicyclic) bond motifs is 1. The molecule has 0 spiro atoms. The van der Waals surface area contributed by atoms with E-state index in [4.69, 9.17) is 0 Å². The Bertz CT molecular complexity index is 703. The molecule has 108 valence electrons. The minimum atomic E-state index is -0.622. The summed E-state index contributed by atoms with van der Waals surface area (Å²) >= 11 is 0. The van der Waals surface area contributed by atoms with Crippen molar-refractivity contribution in [3.63, 3.8) is 0 Å². The van der Waals surface area contributed by atoms with Gasteiger partial charge < -0.3 is 10.6 Å². The van der Waals surface area contributed by atoms with E-state index in [9.17, 15) is 9.59 Å². The molecule has 0 saturated heterocycles. The van der Waals surface area contributed by atoms with Gasteiger partial charge in [0, 0.05) is 11.8 Å². The summed E-state index contributed by atoms with van der Waals surface area (Å²) in [5.74, 6) is 0.150. The zero-order valence-electron chi connectivity index (χ0n) is 11.9. The van der Waals surface area contributed by atoms with E-state index >= 15 is 0 Å². The SMILES string of the molecule is Cc1ccc(NC(=O)[C@@H]2CC(=O)Nc3cc(C)nn32)cc1. The molecule has 1 aromatic heterocycles. The van der Waals surface area contributed by atoms with Gasteiger partial charge in [-0.1, -0.05) is 17.7 Å². The Hall–Kier alpha value is -2.63. The lowest BCUT2D eigenvalue weighted by Crippen LogP contribution is -2.35. The lowest BCUT2D eigenvalue weighted by Gasteiger charge is -2.23. The van der Waals surface area contributed by atoms with Crippen LogP contribution < -0.4 is 10.6 Å². The maximum absolute atomic E-state index is 12.4. The molecular formula is C15H16N4O2. The number of hydrogen-bond acceptors (Lipinski definition) is 3. The highest BCUT2D eigenvalue weighted by Gasteiger charge is 2.31. The Morgan fingerprint density at radius 1 is 1.33 bits per heavy atom. The van der Waals surface area contributed by atoms with E-state index in [1.54, 1.807) is 10.7 Å². The summed E-state index contributed by atoms with van der Waals surface area (Å²) in [6.07, 6.45) is 0.0891. The average Bonchev–Trinajstić information content (AvgIpc) is 2.80. The number of nitrogens with one attached hydrogen (secondary N) is 2. The third kappa shape index (κ3) is 2.65. The van der Waals surface area contributed by atoms with Crippen molar-refractivity contribution in [2.24, 2.45) is 0 Å². The molecule has 21 heavy (non-hydrogen) atoms. The molecule has 2 aromatic rings. The second-order valence-corrected chi connectivity index (χ2v) is 5.24. The van der Waals surface area contributed by atoms with Crippen molar-refractivity contribution in [2.75, 3.05) is 10.6 Å². The molecule has 1 atom stereocenters. The second kappa shape index (κ2) is 5.05. The summed E-state index contributed by atoms with van der Waals surface area (Å²) in [4.78, 5) is 24.1. The fourth-order valence-electron chi connectivity index (χ4n) is 2.37. The normalized spacial score (nSPS) is 17.0. The van der Waals surface area contributed by atoms with Gasteiger partial charge in [0.1, 0.15) is 11.9 Å². The highest BCUT2D eigenvalue weighted by atomic mass is 16.2. The third-order valence-electron chi connectivity index (χ3n) is 3.42. The van der Waals surface area contributed by atoms with Crippen molar-refractivity contribution < 1.29 is 9.59 Å². The summed E-state index contributed by atoms with van der Waals surface area (Å²) in [5, 5.41) is 9.83. The molecule has 6 heteroatoms. The first kappa shape index (κ1) is 13.4. The molecule has 0 fully saturated rings. The molecule has 0 radical (unpaired) electrons. The van der Waals surface area contributed by atoms with Gasteiger partial charge in [-0.3, -0.25) is 9.59 Å². The molecule has 6 nitrogen and oxygen atoms in total.